The first-order valence-corrected chi connectivity index (χ1v) is 18.5. The van der Waals surface area contributed by atoms with Gasteiger partial charge in [-0.3, -0.25) is 0 Å². The summed E-state index contributed by atoms with van der Waals surface area (Å²) in [6.07, 6.45) is 30.3. The van der Waals surface area contributed by atoms with Crippen LogP contribution in [0.25, 0.3) is 0 Å². The van der Waals surface area contributed by atoms with Gasteiger partial charge < -0.3 is 0 Å². The second-order valence-corrected chi connectivity index (χ2v) is 15.7. The molecule has 0 nitrogen and oxygen atoms in total. The number of unbranched alkanes of at least 4 members (excludes halogenated alkanes) is 1. The van der Waals surface area contributed by atoms with Gasteiger partial charge in [-0.25, -0.2) is 0 Å². The standard InChI is InChI=1S/C24H44.C14H26/c1-5-8-11-21-17(4)15-20-10-9-12-22(20)24(21)23-16-18(6-2)13-14-19(23)7-3;1-3-12-6-4-5-7-14(12)13-9-8-11(2)10-13/h17-24H,5-16H2,1-4H3;11-14H,3-10H2,1-2H3. The molecule has 5 fully saturated rings. The molecule has 0 saturated heterocycles. The summed E-state index contributed by atoms with van der Waals surface area (Å²) in [6, 6.07) is 0. The van der Waals surface area contributed by atoms with E-state index in [9.17, 15) is 0 Å². The van der Waals surface area contributed by atoms with Gasteiger partial charge in [0.2, 0.25) is 0 Å². The fourth-order valence-electron chi connectivity index (χ4n) is 11.5. The molecule has 5 aliphatic carbocycles. The van der Waals surface area contributed by atoms with Gasteiger partial charge in [0.1, 0.15) is 0 Å². The highest BCUT2D eigenvalue weighted by molar-refractivity contribution is 4.99. The molecule has 12 atom stereocenters. The van der Waals surface area contributed by atoms with Crippen LogP contribution >= 0.6 is 0 Å². The Kier molecular flexibility index (Phi) is 12.5. The molecule has 5 rings (SSSR count). The van der Waals surface area contributed by atoms with E-state index in [-0.39, 0.29) is 0 Å². The molecular weight excluding hydrogens is 456 g/mol. The Morgan fingerprint density at radius 1 is 0.553 bits per heavy atom. The average Bonchev–Trinajstić information content (AvgIpc) is 3.60. The van der Waals surface area contributed by atoms with Crippen molar-refractivity contribution in [1.29, 1.82) is 0 Å². The summed E-state index contributed by atoms with van der Waals surface area (Å²) < 4.78 is 0. The first-order chi connectivity index (χ1) is 18.5. The molecule has 0 spiro atoms. The lowest BCUT2D eigenvalue weighted by Crippen LogP contribution is -2.45. The van der Waals surface area contributed by atoms with E-state index in [1.807, 2.05) is 0 Å². The highest BCUT2D eigenvalue weighted by Crippen LogP contribution is 2.58. The van der Waals surface area contributed by atoms with E-state index < -0.39 is 0 Å². The normalized spacial score (nSPS) is 45.3. The maximum Gasteiger partial charge on any atom is -0.0321 e. The van der Waals surface area contributed by atoms with Crippen LogP contribution in [0.5, 0.6) is 0 Å². The largest absolute Gasteiger partial charge is 0.0654 e. The zero-order valence-corrected chi connectivity index (χ0v) is 27.1. The topological polar surface area (TPSA) is 0 Å². The molecule has 0 aromatic carbocycles. The maximum absolute atomic E-state index is 2.63. The molecule has 222 valence electrons. The minimum Gasteiger partial charge on any atom is -0.0654 e. The molecule has 0 heterocycles. The molecule has 0 amide bonds. The SMILES string of the molecule is CCC1CCCCC1C1CCC(C)C1.CCCCC1C(C)CC2CCCC2C1C1CC(CC)CCC1CC. The van der Waals surface area contributed by atoms with Crippen LogP contribution in [0.15, 0.2) is 0 Å². The quantitative estimate of drug-likeness (QED) is 0.295. The van der Waals surface area contributed by atoms with E-state index >= 15 is 0 Å². The number of hydrogen-bond donors (Lipinski definition) is 0. The van der Waals surface area contributed by atoms with Gasteiger partial charge in [0.25, 0.3) is 0 Å². The van der Waals surface area contributed by atoms with Crippen LogP contribution in [-0.2, 0) is 0 Å². The molecule has 5 aliphatic rings. The van der Waals surface area contributed by atoms with Crippen molar-refractivity contribution in [3.05, 3.63) is 0 Å². The summed E-state index contributed by atoms with van der Waals surface area (Å²) in [5.74, 6) is 12.8. The third kappa shape index (κ3) is 7.44. The molecule has 5 saturated carbocycles. The third-order valence-corrected chi connectivity index (χ3v) is 13.6. The Morgan fingerprint density at radius 3 is 1.95 bits per heavy atom. The Hall–Kier alpha value is 0. The van der Waals surface area contributed by atoms with Crippen LogP contribution in [0.1, 0.15) is 170 Å². The summed E-state index contributed by atoms with van der Waals surface area (Å²) in [5, 5.41) is 0. The molecule has 0 aromatic heterocycles. The molecule has 0 radical (unpaired) electrons. The first kappa shape index (κ1) is 30.9. The zero-order chi connectivity index (χ0) is 27.1. The highest BCUT2D eigenvalue weighted by Gasteiger charge is 2.49. The van der Waals surface area contributed by atoms with Crippen molar-refractivity contribution in [1.82, 2.24) is 0 Å². The van der Waals surface area contributed by atoms with E-state index in [1.165, 1.54) is 70.6 Å². The molecule has 38 heavy (non-hydrogen) atoms. The summed E-state index contributed by atoms with van der Waals surface area (Å²) >= 11 is 0. The second-order valence-electron chi connectivity index (χ2n) is 15.7. The molecule has 0 N–H and O–H groups in total. The third-order valence-electron chi connectivity index (χ3n) is 13.6. The maximum atomic E-state index is 2.63. The van der Waals surface area contributed by atoms with E-state index in [4.69, 9.17) is 0 Å². The lowest BCUT2D eigenvalue weighted by atomic mass is 9.53. The lowest BCUT2D eigenvalue weighted by molar-refractivity contribution is -0.0297. The van der Waals surface area contributed by atoms with E-state index in [2.05, 4.69) is 41.5 Å². The van der Waals surface area contributed by atoms with Crippen LogP contribution in [0.4, 0.5) is 0 Å². The number of fused-ring (bicyclic) bond motifs is 1. The minimum atomic E-state index is 1.00. The Labute approximate surface area is 240 Å². The number of rotatable bonds is 8. The van der Waals surface area contributed by atoms with Crippen LogP contribution in [-0.4, -0.2) is 0 Å². The molecule has 0 aliphatic heterocycles. The Balaban J connectivity index is 0.000000204. The molecule has 12 unspecified atom stereocenters. The smallest absolute Gasteiger partial charge is 0.0321 e. The molecule has 0 aromatic rings. The van der Waals surface area contributed by atoms with Crippen molar-refractivity contribution in [2.45, 2.75) is 170 Å². The van der Waals surface area contributed by atoms with Gasteiger partial charge in [-0.2, -0.15) is 0 Å². The van der Waals surface area contributed by atoms with Crippen LogP contribution in [0, 0.1) is 71.0 Å². The van der Waals surface area contributed by atoms with Gasteiger partial charge in [-0.05, 0) is 122 Å². The van der Waals surface area contributed by atoms with Crippen LogP contribution in [0.2, 0.25) is 0 Å². The van der Waals surface area contributed by atoms with Crippen molar-refractivity contribution in [3.63, 3.8) is 0 Å². The van der Waals surface area contributed by atoms with Gasteiger partial charge in [0.05, 0.1) is 0 Å². The second kappa shape index (κ2) is 15.3. The fourth-order valence-corrected chi connectivity index (χ4v) is 11.5. The van der Waals surface area contributed by atoms with E-state index in [0.717, 1.165) is 71.0 Å². The Morgan fingerprint density at radius 2 is 1.26 bits per heavy atom. The summed E-state index contributed by atoms with van der Waals surface area (Å²) in [5.41, 5.74) is 0. The molecule has 0 bridgehead atoms. The van der Waals surface area contributed by atoms with Gasteiger partial charge in [-0.15, -0.1) is 0 Å². The fraction of sp³-hybridized carbons (Fsp3) is 1.00. The first-order valence-electron chi connectivity index (χ1n) is 18.5. The van der Waals surface area contributed by atoms with E-state index in [0.29, 0.717) is 0 Å². The predicted molar refractivity (Wildman–Crippen MR) is 168 cm³/mol. The molecule has 0 heteroatoms. The number of hydrogen-bond acceptors (Lipinski definition) is 0. The van der Waals surface area contributed by atoms with Crippen LogP contribution in [0.3, 0.4) is 0 Å². The van der Waals surface area contributed by atoms with Crippen molar-refractivity contribution in [2.24, 2.45) is 71.0 Å². The zero-order valence-electron chi connectivity index (χ0n) is 27.1. The van der Waals surface area contributed by atoms with Crippen molar-refractivity contribution in [2.75, 3.05) is 0 Å². The van der Waals surface area contributed by atoms with Gasteiger partial charge in [0, 0.05) is 0 Å². The van der Waals surface area contributed by atoms with Crippen molar-refractivity contribution >= 4 is 0 Å². The van der Waals surface area contributed by atoms with Crippen molar-refractivity contribution in [3.8, 4) is 0 Å². The van der Waals surface area contributed by atoms with Crippen molar-refractivity contribution < 1.29 is 0 Å². The van der Waals surface area contributed by atoms with Gasteiger partial charge in [0.15, 0.2) is 0 Å². The minimum absolute atomic E-state index is 1.00. The monoisotopic (exact) mass is 527 g/mol. The van der Waals surface area contributed by atoms with E-state index in [1.54, 1.807) is 57.8 Å². The summed E-state index contributed by atoms with van der Waals surface area (Å²) in [4.78, 5) is 0. The molecular formula is C38H70. The lowest BCUT2D eigenvalue weighted by Gasteiger charge is -2.52. The predicted octanol–water partition coefficient (Wildman–Crippen LogP) is 12.4. The van der Waals surface area contributed by atoms with Gasteiger partial charge >= 0.3 is 0 Å². The Bertz CT molecular complexity index is 650. The van der Waals surface area contributed by atoms with Crippen LogP contribution < -0.4 is 0 Å². The highest BCUT2D eigenvalue weighted by atomic mass is 14.5. The average molecular weight is 527 g/mol. The summed E-state index contributed by atoms with van der Waals surface area (Å²) in [7, 11) is 0. The van der Waals surface area contributed by atoms with Gasteiger partial charge in [-0.1, -0.05) is 119 Å². The summed E-state index contributed by atoms with van der Waals surface area (Å²) in [6.45, 7) is 14.8.